The van der Waals surface area contributed by atoms with Crippen LogP contribution in [0.1, 0.15) is 0 Å². The fourth-order valence-electron chi connectivity index (χ4n) is 2.86. The molecule has 4 heteroatoms. The van der Waals surface area contributed by atoms with Crippen molar-refractivity contribution >= 4 is 32.7 Å². The minimum atomic E-state index is -0.583. The van der Waals surface area contributed by atoms with Gasteiger partial charge in [0.25, 0.3) is 0 Å². The molecule has 1 aromatic heterocycles. The lowest BCUT2D eigenvalue weighted by molar-refractivity contribution is 0.420. The number of halogens is 1. The van der Waals surface area contributed by atoms with Crippen molar-refractivity contribution in [3.05, 3.63) is 64.6 Å². The van der Waals surface area contributed by atoms with E-state index >= 15 is 0 Å². The van der Waals surface area contributed by atoms with Gasteiger partial charge in [0, 0.05) is 5.39 Å². The summed E-state index contributed by atoms with van der Waals surface area (Å²) >= 11 is 0. The second kappa shape index (κ2) is 4.56. The molecule has 0 amide bonds. The molecule has 0 spiro atoms. The van der Waals surface area contributed by atoms with Crippen molar-refractivity contribution in [1.29, 1.82) is 0 Å². The Morgan fingerprint density at radius 3 is 2.50 bits per heavy atom. The normalized spacial score (nSPS) is 11.4. The topological polar surface area (TPSA) is 39.4 Å². The van der Waals surface area contributed by atoms with Crippen molar-refractivity contribution in [3.63, 3.8) is 0 Å². The smallest absolute Gasteiger partial charge is 0.204 e. The molecule has 3 aromatic carbocycles. The Morgan fingerprint density at radius 2 is 1.68 bits per heavy atom. The number of hydrogen-bond acceptors (Lipinski definition) is 3. The molecule has 0 fully saturated rings. The van der Waals surface area contributed by atoms with Gasteiger partial charge >= 0.3 is 0 Å². The molecule has 108 valence electrons. The zero-order valence-electron chi connectivity index (χ0n) is 11.7. The summed E-state index contributed by atoms with van der Waals surface area (Å²) in [5.74, 6) is -0.0221. The van der Waals surface area contributed by atoms with Gasteiger partial charge in [-0.25, -0.2) is 4.39 Å². The Bertz CT molecular complexity index is 1100. The molecule has 0 bridgehead atoms. The first kappa shape index (κ1) is 12.8. The van der Waals surface area contributed by atoms with Crippen LogP contribution in [0.15, 0.2) is 57.7 Å². The summed E-state index contributed by atoms with van der Waals surface area (Å²) in [4.78, 5) is 12.8. The Morgan fingerprint density at radius 1 is 0.909 bits per heavy atom. The Balaban J connectivity index is 2.36. The van der Waals surface area contributed by atoms with Crippen LogP contribution in [0.4, 0.5) is 4.39 Å². The molecule has 22 heavy (non-hydrogen) atoms. The molecule has 0 atom stereocenters. The summed E-state index contributed by atoms with van der Waals surface area (Å²) in [7, 11) is 1.54. The number of fused-ring (bicyclic) bond motifs is 4. The summed E-state index contributed by atoms with van der Waals surface area (Å²) in [6, 6.07) is 13.4. The first-order chi connectivity index (χ1) is 10.7. The SMILES string of the molecule is COc1cccc2ccc3oc4cccc(F)c4c(=O)c3c12. The van der Waals surface area contributed by atoms with Gasteiger partial charge in [0.1, 0.15) is 28.1 Å². The van der Waals surface area contributed by atoms with Crippen molar-refractivity contribution in [2.45, 2.75) is 0 Å². The van der Waals surface area contributed by atoms with Crippen molar-refractivity contribution < 1.29 is 13.5 Å². The van der Waals surface area contributed by atoms with Crippen LogP contribution >= 0.6 is 0 Å². The number of ether oxygens (including phenoxy) is 1. The zero-order valence-corrected chi connectivity index (χ0v) is 11.7. The molecule has 0 saturated carbocycles. The first-order valence-corrected chi connectivity index (χ1v) is 6.81. The summed E-state index contributed by atoms with van der Waals surface area (Å²) in [5, 5.41) is 1.79. The van der Waals surface area contributed by atoms with Gasteiger partial charge in [-0.3, -0.25) is 4.79 Å². The molecular formula is C18H11FO3. The van der Waals surface area contributed by atoms with Gasteiger partial charge in [0.05, 0.1) is 12.5 Å². The molecule has 0 aliphatic rings. The fourth-order valence-corrected chi connectivity index (χ4v) is 2.86. The zero-order chi connectivity index (χ0) is 15.3. The van der Waals surface area contributed by atoms with E-state index in [1.807, 2.05) is 18.2 Å². The molecule has 4 rings (SSSR count). The predicted molar refractivity (Wildman–Crippen MR) is 84.0 cm³/mol. The molecular weight excluding hydrogens is 283 g/mol. The number of hydrogen-bond donors (Lipinski definition) is 0. The maximum atomic E-state index is 14.1. The van der Waals surface area contributed by atoms with Crippen molar-refractivity contribution in [2.24, 2.45) is 0 Å². The summed E-state index contributed by atoms with van der Waals surface area (Å²) in [5.41, 5.74) is 0.274. The molecule has 0 aliphatic heterocycles. The summed E-state index contributed by atoms with van der Waals surface area (Å²) < 4.78 is 25.1. The Hall–Kier alpha value is -2.88. The van der Waals surface area contributed by atoms with Crippen LogP contribution in [-0.4, -0.2) is 7.11 Å². The lowest BCUT2D eigenvalue weighted by Crippen LogP contribution is -2.05. The van der Waals surface area contributed by atoms with E-state index in [0.717, 1.165) is 5.39 Å². The van der Waals surface area contributed by atoms with Crippen LogP contribution in [0.3, 0.4) is 0 Å². The highest BCUT2D eigenvalue weighted by molar-refractivity contribution is 6.11. The van der Waals surface area contributed by atoms with Crippen molar-refractivity contribution in [1.82, 2.24) is 0 Å². The van der Waals surface area contributed by atoms with E-state index < -0.39 is 5.82 Å². The summed E-state index contributed by atoms with van der Waals surface area (Å²) in [6.07, 6.45) is 0. The maximum absolute atomic E-state index is 14.1. The number of rotatable bonds is 1. The highest BCUT2D eigenvalue weighted by atomic mass is 19.1. The molecule has 3 nitrogen and oxygen atoms in total. The van der Waals surface area contributed by atoms with Crippen LogP contribution in [-0.2, 0) is 0 Å². The number of methoxy groups -OCH3 is 1. The number of benzene rings is 3. The Labute approximate surface area is 124 Å². The maximum Gasteiger partial charge on any atom is 0.204 e. The largest absolute Gasteiger partial charge is 0.496 e. The third kappa shape index (κ3) is 1.64. The minimum absolute atomic E-state index is 0.0339. The van der Waals surface area contributed by atoms with Gasteiger partial charge in [0.2, 0.25) is 5.43 Å². The quantitative estimate of drug-likeness (QED) is 0.389. The molecule has 1 heterocycles. The fraction of sp³-hybridized carbons (Fsp3) is 0.0556. The van der Waals surface area contributed by atoms with Crippen LogP contribution in [0, 0.1) is 5.82 Å². The van der Waals surface area contributed by atoms with Gasteiger partial charge in [-0.1, -0.05) is 24.3 Å². The van der Waals surface area contributed by atoms with E-state index in [0.29, 0.717) is 22.1 Å². The first-order valence-electron chi connectivity index (χ1n) is 6.81. The van der Waals surface area contributed by atoms with E-state index in [9.17, 15) is 9.18 Å². The molecule has 0 saturated heterocycles. The van der Waals surface area contributed by atoms with E-state index in [1.165, 1.54) is 19.2 Å². The molecule has 4 aromatic rings. The van der Waals surface area contributed by atoms with Crippen molar-refractivity contribution in [2.75, 3.05) is 7.11 Å². The minimum Gasteiger partial charge on any atom is -0.496 e. The van der Waals surface area contributed by atoms with Crippen LogP contribution < -0.4 is 10.2 Å². The third-order valence-electron chi connectivity index (χ3n) is 3.84. The van der Waals surface area contributed by atoms with E-state index in [4.69, 9.17) is 9.15 Å². The van der Waals surface area contributed by atoms with Crippen LogP contribution in [0.5, 0.6) is 5.75 Å². The second-order valence-electron chi connectivity index (χ2n) is 5.04. The van der Waals surface area contributed by atoms with Gasteiger partial charge in [-0.2, -0.15) is 0 Å². The van der Waals surface area contributed by atoms with Crippen molar-refractivity contribution in [3.8, 4) is 5.75 Å². The van der Waals surface area contributed by atoms with Crippen LogP contribution in [0.25, 0.3) is 32.7 Å². The lowest BCUT2D eigenvalue weighted by Gasteiger charge is -2.09. The van der Waals surface area contributed by atoms with Gasteiger partial charge in [0.15, 0.2) is 0 Å². The summed E-state index contributed by atoms with van der Waals surface area (Å²) in [6.45, 7) is 0. The van der Waals surface area contributed by atoms with Gasteiger partial charge in [-0.15, -0.1) is 0 Å². The molecule has 0 N–H and O–H groups in total. The van der Waals surface area contributed by atoms with E-state index in [-0.39, 0.29) is 16.4 Å². The average molecular weight is 294 g/mol. The Kier molecular flexibility index (Phi) is 2.66. The average Bonchev–Trinajstić information content (AvgIpc) is 2.53. The highest BCUT2D eigenvalue weighted by Crippen LogP contribution is 2.32. The van der Waals surface area contributed by atoms with Gasteiger partial charge in [-0.05, 0) is 29.7 Å². The van der Waals surface area contributed by atoms with E-state index in [1.54, 1.807) is 18.2 Å². The molecule has 0 radical (unpaired) electrons. The van der Waals surface area contributed by atoms with Gasteiger partial charge < -0.3 is 9.15 Å². The highest BCUT2D eigenvalue weighted by Gasteiger charge is 2.16. The standard InChI is InChI=1S/C18H11FO3/c1-21-12-6-2-4-10-8-9-14-17(15(10)12)18(20)16-11(19)5-3-7-13(16)22-14/h2-9H,1H3. The van der Waals surface area contributed by atoms with E-state index in [2.05, 4.69) is 0 Å². The third-order valence-corrected chi connectivity index (χ3v) is 3.84. The predicted octanol–water partition coefficient (Wildman–Crippen LogP) is 4.25. The monoisotopic (exact) mass is 294 g/mol. The lowest BCUT2D eigenvalue weighted by atomic mass is 10.0. The molecule has 0 unspecified atom stereocenters. The molecule has 0 aliphatic carbocycles. The second-order valence-corrected chi connectivity index (χ2v) is 5.04. The van der Waals surface area contributed by atoms with Crippen LogP contribution in [0.2, 0.25) is 0 Å².